The van der Waals surface area contributed by atoms with E-state index in [1.165, 1.54) is 12.3 Å². The molecule has 1 aromatic carbocycles. The number of aryl methyl sites for hydroxylation is 1. The summed E-state index contributed by atoms with van der Waals surface area (Å²) in [5.74, 6) is -2.99. The molecule has 3 rings (SSSR count). The van der Waals surface area contributed by atoms with Crippen molar-refractivity contribution in [1.82, 2.24) is 20.4 Å². The normalized spacial score (nSPS) is 11.8. The van der Waals surface area contributed by atoms with Crippen LogP contribution in [0.4, 0.5) is 4.39 Å². The quantitative estimate of drug-likeness (QED) is 0.684. The third-order valence-electron chi connectivity index (χ3n) is 3.88. The van der Waals surface area contributed by atoms with E-state index < -0.39 is 29.6 Å². The Kier molecular flexibility index (Phi) is 5.20. The predicted molar refractivity (Wildman–Crippen MR) is 91.1 cm³/mol. The number of carbonyl (C=O) groups is 2. The summed E-state index contributed by atoms with van der Waals surface area (Å²) in [6.45, 7) is 1.81. The molecule has 0 aliphatic rings. The van der Waals surface area contributed by atoms with Gasteiger partial charge in [0.25, 0.3) is 0 Å². The highest BCUT2D eigenvalue weighted by molar-refractivity contribution is 5.90. The SMILES string of the molecule is Cc1ccccc1[C@H](CC(=O)O)NC(=O)c1nc(-c2ccncc2F)no1. The molecule has 3 aromatic rings. The van der Waals surface area contributed by atoms with Gasteiger partial charge in [0.05, 0.1) is 24.2 Å². The zero-order chi connectivity index (χ0) is 19.4. The molecule has 8 nitrogen and oxygen atoms in total. The van der Waals surface area contributed by atoms with Crippen molar-refractivity contribution in [3.8, 4) is 11.4 Å². The molecule has 1 atom stereocenters. The Bertz CT molecular complexity index is 989. The van der Waals surface area contributed by atoms with Crippen molar-refractivity contribution in [2.75, 3.05) is 0 Å². The molecule has 0 bridgehead atoms. The molecule has 9 heteroatoms. The van der Waals surface area contributed by atoms with Gasteiger partial charge in [0, 0.05) is 6.20 Å². The maximum absolute atomic E-state index is 13.8. The summed E-state index contributed by atoms with van der Waals surface area (Å²) in [5.41, 5.74) is 1.52. The molecular weight excluding hydrogens is 355 g/mol. The lowest BCUT2D eigenvalue weighted by Gasteiger charge is -2.18. The molecule has 2 N–H and O–H groups in total. The first-order chi connectivity index (χ1) is 13.0. The van der Waals surface area contributed by atoms with Crippen LogP contribution in [0, 0.1) is 12.7 Å². The van der Waals surface area contributed by atoms with Crippen LogP contribution in [-0.4, -0.2) is 32.1 Å². The Morgan fingerprint density at radius 2 is 2.07 bits per heavy atom. The Labute approximate surface area is 153 Å². The van der Waals surface area contributed by atoms with Gasteiger partial charge < -0.3 is 14.9 Å². The monoisotopic (exact) mass is 370 g/mol. The number of hydrogen-bond acceptors (Lipinski definition) is 6. The molecule has 0 saturated heterocycles. The number of amides is 1. The van der Waals surface area contributed by atoms with Gasteiger partial charge in [0.1, 0.15) is 0 Å². The number of rotatable bonds is 6. The Morgan fingerprint density at radius 1 is 1.30 bits per heavy atom. The Balaban J connectivity index is 1.83. The van der Waals surface area contributed by atoms with Gasteiger partial charge in [-0.15, -0.1) is 0 Å². The second-order valence-electron chi connectivity index (χ2n) is 5.76. The number of benzene rings is 1. The van der Waals surface area contributed by atoms with Crippen LogP contribution >= 0.6 is 0 Å². The molecule has 2 heterocycles. The Hall–Kier alpha value is -3.62. The number of carboxylic acids is 1. The first kappa shape index (κ1) is 18.2. The van der Waals surface area contributed by atoms with Gasteiger partial charge in [-0.2, -0.15) is 4.98 Å². The van der Waals surface area contributed by atoms with Crippen molar-refractivity contribution in [3.63, 3.8) is 0 Å². The summed E-state index contributed by atoms with van der Waals surface area (Å²) in [7, 11) is 0. The predicted octanol–water partition coefficient (Wildman–Crippen LogP) is 2.52. The van der Waals surface area contributed by atoms with Crippen molar-refractivity contribution in [2.24, 2.45) is 0 Å². The van der Waals surface area contributed by atoms with Crippen molar-refractivity contribution in [1.29, 1.82) is 0 Å². The van der Waals surface area contributed by atoms with Gasteiger partial charge >= 0.3 is 17.8 Å². The second kappa shape index (κ2) is 7.73. The molecule has 0 radical (unpaired) electrons. The highest BCUT2D eigenvalue weighted by Gasteiger charge is 2.24. The number of aromatic nitrogens is 3. The molecule has 0 unspecified atom stereocenters. The van der Waals surface area contributed by atoms with Crippen molar-refractivity contribution in [2.45, 2.75) is 19.4 Å². The number of aliphatic carboxylic acids is 1. The molecule has 138 valence electrons. The lowest BCUT2D eigenvalue weighted by Crippen LogP contribution is -2.30. The lowest BCUT2D eigenvalue weighted by atomic mass is 9.99. The topological polar surface area (TPSA) is 118 Å². The third-order valence-corrected chi connectivity index (χ3v) is 3.88. The van der Waals surface area contributed by atoms with E-state index in [9.17, 15) is 14.0 Å². The van der Waals surface area contributed by atoms with Crippen LogP contribution in [0.25, 0.3) is 11.4 Å². The highest BCUT2D eigenvalue weighted by Crippen LogP contribution is 2.22. The van der Waals surface area contributed by atoms with Crippen LogP contribution in [0.3, 0.4) is 0 Å². The van der Waals surface area contributed by atoms with Crippen LogP contribution in [0.15, 0.2) is 47.2 Å². The first-order valence-corrected chi connectivity index (χ1v) is 7.97. The molecule has 1 amide bonds. The van der Waals surface area contributed by atoms with Gasteiger partial charge in [-0.05, 0) is 24.1 Å². The number of halogens is 1. The number of carboxylic acid groups (broad SMARTS) is 1. The van der Waals surface area contributed by atoms with Crippen LogP contribution in [0.5, 0.6) is 0 Å². The molecule has 0 saturated carbocycles. The zero-order valence-corrected chi connectivity index (χ0v) is 14.2. The fourth-order valence-electron chi connectivity index (χ4n) is 2.59. The summed E-state index contributed by atoms with van der Waals surface area (Å²) in [6.07, 6.45) is 2.03. The van der Waals surface area contributed by atoms with Crippen molar-refractivity contribution < 1.29 is 23.6 Å². The lowest BCUT2D eigenvalue weighted by molar-refractivity contribution is -0.137. The van der Waals surface area contributed by atoms with Crippen LogP contribution in [0.1, 0.15) is 34.3 Å². The molecule has 2 aromatic heterocycles. The van der Waals surface area contributed by atoms with E-state index in [2.05, 4.69) is 20.4 Å². The van der Waals surface area contributed by atoms with E-state index in [1.807, 2.05) is 19.1 Å². The smallest absolute Gasteiger partial charge is 0.316 e. The maximum Gasteiger partial charge on any atom is 0.316 e. The van der Waals surface area contributed by atoms with Gasteiger partial charge in [-0.25, -0.2) is 4.39 Å². The van der Waals surface area contributed by atoms with Crippen molar-refractivity contribution in [3.05, 3.63) is 65.6 Å². The standard InChI is InChI=1S/C18H15FN4O4/c1-10-4-2-3-5-11(10)14(8-15(24)25)21-17(26)18-22-16(23-27-18)12-6-7-20-9-13(12)19/h2-7,9,14H,8H2,1H3,(H,21,26)(H,24,25)/t14-/m0/s1. The van der Waals surface area contributed by atoms with Crippen LogP contribution < -0.4 is 5.32 Å². The first-order valence-electron chi connectivity index (χ1n) is 7.97. The fourth-order valence-corrected chi connectivity index (χ4v) is 2.59. The second-order valence-corrected chi connectivity index (χ2v) is 5.76. The van der Waals surface area contributed by atoms with Crippen LogP contribution in [-0.2, 0) is 4.79 Å². The third kappa shape index (κ3) is 4.14. The van der Waals surface area contributed by atoms with Gasteiger partial charge in [-0.1, -0.05) is 29.4 Å². The summed E-state index contributed by atoms with van der Waals surface area (Å²) < 4.78 is 18.7. The van der Waals surface area contributed by atoms with Gasteiger partial charge in [-0.3, -0.25) is 14.6 Å². The Morgan fingerprint density at radius 3 is 2.78 bits per heavy atom. The summed E-state index contributed by atoms with van der Waals surface area (Å²) in [4.78, 5) is 31.1. The van der Waals surface area contributed by atoms with Gasteiger partial charge in [0.15, 0.2) is 5.82 Å². The van der Waals surface area contributed by atoms with E-state index in [-0.39, 0.29) is 17.8 Å². The minimum atomic E-state index is -1.08. The summed E-state index contributed by atoms with van der Waals surface area (Å²) in [5, 5.41) is 15.3. The molecule has 0 fully saturated rings. The highest BCUT2D eigenvalue weighted by atomic mass is 19.1. The van der Waals surface area contributed by atoms with E-state index in [0.717, 1.165) is 11.8 Å². The molecule has 0 aliphatic heterocycles. The summed E-state index contributed by atoms with van der Waals surface area (Å²) in [6, 6.07) is 7.67. The molecule has 27 heavy (non-hydrogen) atoms. The number of pyridine rings is 1. The van der Waals surface area contributed by atoms with E-state index >= 15 is 0 Å². The maximum atomic E-state index is 13.8. The molecule has 0 aliphatic carbocycles. The number of carbonyl (C=O) groups excluding carboxylic acids is 1. The number of nitrogens with zero attached hydrogens (tertiary/aromatic N) is 3. The number of hydrogen-bond donors (Lipinski definition) is 2. The largest absolute Gasteiger partial charge is 0.481 e. The summed E-state index contributed by atoms with van der Waals surface area (Å²) >= 11 is 0. The van der Waals surface area contributed by atoms with E-state index in [4.69, 9.17) is 9.63 Å². The van der Waals surface area contributed by atoms with Gasteiger partial charge in [0.2, 0.25) is 5.82 Å². The van der Waals surface area contributed by atoms with Crippen LogP contribution in [0.2, 0.25) is 0 Å². The average Bonchev–Trinajstić information content (AvgIpc) is 3.11. The molecule has 0 spiro atoms. The minimum Gasteiger partial charge on any atom is -0.481 e. The van der Waals surface area contributed by atoms with E-state index in [1.54, 1.807) is 12.1 Å². The molecular formula is C18H15FN4O4. The minimum absolute atomic E-state index is 0.0359. The average molecular weight is 370 g/mol. The number of nitrogens with one attached hydrogen (secondary N) is 1. The van der Waals surface area contributed by atoms with Crippen molar-refractivity contribution >= 4 is 11.9 Å². The zero-order valence-electron chi connectivity index (χ0n) is 14.2. The fraction of sp³-hybridized carbons (Fsp3) is 0.167. The van der Waals surface area contributed by atoms with E-state index in [0.29, 0.717) is 5.56 Å².